The normalized spacial score (nSPS) is 10.0. The van der Waals surface area contributed by atoms with Crippen LogP contribution in [0.4, 0.5) is 5.69 Å². The first kappa shape index (κ1) is 13.7. The number of thioether (sulfide) groups is 1. The quantitative estimate of drug-likeness (QED) is 0.479. The molecule has 1 aromatic carbocycles. The highest BCUT2D eigenvalue weighted by Crippen LogP contribution is 2.25. The second kappa shape index (κ2) is 7.06. The van der Waals surface area contributed by atoms with Crippen molar-refractivity contribution in [1.82, 2.24) is 0 Å². The molecular formula is C12H17NO3S. The summed E-state index contributed by atoms with van der Waals surface area (Å²) in [6, 6.07) is 5.13. The summed E-state index contributed by atoms with van der Waals surface area (Å²) in [4.78, 5) is 11.6. The lowest BCUT2D eigenvalue weighted by molar-refractivity contribution is 0.0597. The van der Waals surface area contributed by atoms with Crippen LogP contribution in [0, 0.1) is 0 Å². The smallest absolute Gasteiger partial charge is 0.343 e. The molecule has 0 aromatic heterocycles. The number of methoxy groups -OCH3 is 1. The van der Waals surface area contributed by atoms with Crippen LogP contribution in [0.1, 0.15) is 16.8 Å². The first-order valence-electron chi connectivity index (χ1n) is 5.29. The van der Waals surface area contributed by atoms with Crippen molar-refractivity contribution in [3.63, 3.8) is 0 Å². The van der Waals surface area contributed by atoms with Gasteiger partial charge >= 0.3 is 5.97 Å². The third-order valence-electron chi connectivity index (χ3n) is 2.20. The van der Waals surface area contributed by atoms with Crippen LogP contribution >= 0.6 is 11.8 Å². The van der Waals surface area contributed by atoms with E-state index in [2.05, 4.69) is 4.74 Å². The summed E-state index contributed by atoms with van der Waals surface area (Å²) in [5.74, 6) is 1.04. The van der Waals surface area contributed by atoms with Crippen molar-refractivity contribution >= 4 is 23.4 Å². The van der Waals surface area contributed by atoms with E-state index in [-0.39, 0.29) is 0 Å². The predicted molar refractivity (Wildman–Crippen MR) is 70.7 cm³/mol. The van der Waals surface area contributed by atoms with Gasteiger partial charge in [-0.05, 0) is 30.6 Å². The number of anilines is 1. The van der Waals surface area contributed by atoms with Crippen molar-refractivity contribution in [2.75, 3.05) is 31.5 Å². The van der Waals surface area contributed by atoms with E-state index in [9.17, 15) is 4.79 Å². The molecule has 0 bridgehead atoms. The molecule has 1 rings (SSSR count). The van der Waals surface area contributed by atoms with Crippen LogP contribution in [0.3, 0.4) is 0 Å². The number of carbonyl (C=O) groups excluding carboxylic acids is 1. The summed E-state index contributed by atoms with van der Waals surface area (Å²) >= 11 is 1.76. The van der Waals surface area contributed by atoms with Crippen LogP contribution < -0.4 is 10.5 Å². The molecule has 0 aliphatic rings. The number of ether oxygens (including phenoxy) is 2. The zero-order valence-electron chi connectivity index (χ0n) is 10.1. The standard InChI is InChI=1S/C12H17NO3S/c1-15-12(14)11-9(13)5-3-6-10(11)16-7-4-8-17-2/h3,5-6H,4,7-8,13H2,1-2H3. The molecule has 0 unspecified atom stereocenters. The number of esters is 1. The fourth-order valence-electron chi connectivity index (χ4n) is 1.37. The summed E-state index contributed by atoms with van der Waals surface area (Å²) in [6.45, 7) is 0.564. The number of nitrogens with two attached hydrogens (primary N) is 1. The van der Waals surface area contributed by atoms with Crippen LogP contribution in [0.5, 0.6) is 5.75 Å². The summed E-state index contributed by atoms with van der Waals surface area (Å²) in [7, 11) is 1.33. The van der Waals surface area contributed by atoms with Crippen LogP contribution in [-0.2, 0) is 4.74 Å². The maximum Gasteiger partial charge on any atom is 0.343 e. The Hall–Kier alpha value is -1.36. The Morgan fingerprint density at radius 2 is 2.24 bits per heavy atom. The van der Waals surface area contributed by atoms with E-state index in [0.717, 1.165) is 12.2 Å². The highest BCUT2D eigenvalue weighted by atomic mass is 32.2. The van der Waals surface area contributed by atoms with Crippen molar-refractivity contribution in [1.29, 1.82) is 0 Å². The molecule has 17 heavy (non-hydrogen) atoms. The minimum absolute atomic E-state index is 0.305. The monoisotopic (exact) mass is 255 g/mol. The molecule has 0 fully saturated rings. The molecule has 94 valence electrons. The van der Waals surface area contributed by atoms with E-state index in [1.54, 1.807) is 30.0 Å². The minimum atomic E-state index is -0.469. The molecule has 0 radical (unpaired) electrons. The largest absolute Gasteiger partial charge is 0.493 e. The van der Waals surface area contributed by atoms with Gasteiger partial charge in [-0.25, -0.2) is 4.79 Å². The van der Waals surface area contributed by atoms with Gasteiger partial charge in [-0.2, -0.15) is 11.8 Å². The van der Waals surface area contributed by atoms with Gasteiger partial charge in [0, 0.05) is 5.69 Å². The lowest BCUT2D eigenvalue weighted by Gasteiger charge is -2.11. The highest BCUT2D eigenvalue weighted by molar-refractivity contribution is 7.98. The molecular weight excluding hydrogens is 238 g/mol. The van der Waals surface area contributed by atoms with Gasteiger partial charge in [0.25, 0.3) is 0 Å². The van der Waals surface area contributed by atoms with Crippen LogP contribution in [-0.4, -0.2) is 31.7 Å². The zero-order chi connectivity index (χ0) is 12.7. The minimum Gasteiger partial charge on any atom is -0.493 e. The maximum atomic E-state index is 11.6. The van der Waals surface area contributed by atoms with Gasteiger partial charge in [0.05, 0.1) is 13.7 Å². The number of hydrogen-bond acceptors (Lipinski definition) is 5. The lowest BCUT2D eigenvalue weighted by Crippen LogP contribution is -2.10. The average Bonchev–Trinajstić information content (AvgIpc) is 2.34. The summed E-state index contributed by atoms with van der Waals surface area (Å²) < 4.78 is 10.2. The van der Waals surface area contributed by atoms with Gasteiger partial charge in [0.2, 0.25) is 0 Å². The molecule has 0 saturated carbocycles. The number of benzene rings is 1. The lowest BCUT2D eigenvalue weighted by atomic mass is 10.1. The molecule has 0 amide bonds. The molecule has 0 atom stereocenters. The molecule has 0 spiro atoms. The first-order chi connectivity index (χ1) is 8.20. The zero-order valence-corrected chi connectivity index (χ0v) is 10.9. The fourth-order valence-corrected chi connectivity index (χ4v) is 1.78. The maximum absolute atomic E-state index is 11.6. The van der Waals surface area contributed by atoms with Gasteiger partial charge in [0.1, 0.15) is 11.3 Å². The third kappa shape index (κ3) is 3.85. The molecule has 0 aliphatic carbocycles. The summed E-state index contributed by atoms with van der Waals surface area (Å²) in [5, 5.41) is 0. The topological polar surface area (TPSA) is 61.5 Å². The Morgan fingerprint density at radius 1 is 1.47 bits per heavy atom. The summed E-state index contributed by atoms with van der Waals surface area (Å²) in [5.41, 5.74) is 6.42. The van der Waals surface area contributed by atoms with Crippen molar-refractivity contribution in [2.45, 2.75) is 6.42 Å². The Bertz CT molecular complexity index is 382. The van der Waals surface area contributed by atoms with Crippen molar-refractivity contribution < 1.29 is 14.3 Å². The van der Waals surface area contributed by atoms with E-state index in [1.165, 1.54) is 7.11 Å². The van der Waals surface area contributed by atoms with Crippen molar-refractivity contribution in [2.24, 2.45) is 0 Å². The van der Waals surface area contributed by atoms with E-state index >= 15 is 0 Å². The number of rotatable bonds is 6. The van der Waals surface area contributed by atoms with Gasteiger partial charge < -0.3 is 15.2 Å². The van der Waals surface area contributed by atoms with Crippen molar-refractivity contribution in [3.05, 3.63) is 23.8 Å². The number of hydrogen-bond donors (Lipinski definition) is 1. The van der Waals surface area contributed by atoms with E-state index in [1.807, 2.05) is 6.26 Å². The van der Waals surface area contributed by atoms with Crippen molar-refractivity contribution in [3.8, 4) is 5.75 Å². The van der Waals surface area contributed by atoms with Gasteiger partial charge in [0.15, 0.2) is 0 Å². The van der Waals surface area contributed by atoms with Crippen LogP contribution in [0.2, 0.25) is 0 Å². The van der Waals surface area contributed by atoms with E-state index in [4.69, 9.17) is 10.5 Å². The molecule has 4 nitrogen and oxygen atoms in total. The number of carbonyl (C=O) groups is 1. The molecule has 1 aromatic rings. The van der Waals surface area contributed by atoms with Crippen LogP contribution in [0.25, 0.3) is 0 Å². The Kier molecular flexibility index (Phi) is 5.69. The fraction of sp³-hybridized carbons (Fsp3) is 0.417. The number of nitrogen functional groups attached to an aromatic ring is 1. The Morgan fingerprint density at radius 3 is 2.88 bits per heavy atom. The molecule has 2 N–H and O–H groups in total. The highest BCUT2D eigenvalue weighted by Gasteiger charge is 2.16. The van der Waals surface area contributed by atoms with Gasteiger partial charge in [-0.15, -0.1) is 0 Å². The SMILES string of the molecule is COC(=O)c1c(N)cccc1OCCCSC. The molecule has 5 heteroatoms. The average molecular weight is 255 g/mol. The first-order valence-corrected chi connectivity index (χ1v) is 6.68. The van der Waals surface area contributed by atoms with Crippen LogP contribution in [0.15, 0.2) is 18.2 Å². The second-order valence-electron chi connectivity index (χ2n) is 3.41. The third-order valence-corrected chi connectivity index (χ3v) is 2.90. The summed E-state index contributed by atoms with van der Waals surface area (Å²) in [6.07, 6.45) is 2.97. The van der Waals surface area contributed by atoms with E-state index in [0.29, 0.717) is 23.6 Å². The van der Waals surface area contributed by atoms with Gasteiger partial charge in [-0.3, -0.25) is 0 Å². The molecule has 0 saturated heterocycles. The van der Waals surface area contributed by atoms with E-state index < -0.39 is 5.97 Å². The second-order valence-corrected chi connectivity index (χ2v) is 4.39. The predicted octanol–water partition coefficient (Wildman–Crippen LogP) is 2.19. The molecule has 0 aliphatic heterocycles. The Balaban J connectivity index is 2.76. The Labute approximate surface area is 105 Å². The molecule has 0 heterocycles. The van der Waals surface area contributed by atoms with Gasteiger partial charge in [-0.1, -0.05) is 6.07 Å².